The van der Waals surface area contributed by atoms with Crippen LogP contribution in [0.4, 0.5) is 16.2 Å². The Labute approximate surface area is 123 Å². The first-order valence-corrected chi connectivity index (χ1v) is 6.75. The summed E-state index contributed by atoms with van der Waals surface area (Å²) in [5.74, 6) is 0. The van der Waals surface area contributed by atoms with Gasteiger partial charge in [0.2, 0.25) is 0 Å². The SMILES string of the molecule is [C-]#[N+]c1ccc(N2C(=O)OC[C@H]2Cc2ccccc2)cc1. The van der Waals surface area contributed by atoms with Crippen LogP contribution in [0.5, 0.6) is 0 Å². The Morgan fingerprint density at radius 2 is 1.86 bits per heavy atom. The van der Waals surface area contributed by atoms with E-state index in [1.54, 1.807) is 29.2 Å². The predicted molar refractivity (Wildman–Crippen MR) is 80.5 cm³/mol. The molecule has 1 atom stereocenters. The predicted octanol–water partition coefficient (Wildman–Crippen LogP) is 3.81. The zero-order valence-electron chi connectivity index (χ0n) is 11.4. The highest BCUT2D eigenvalue weighted by Crippen LogP contribution is 2.27. The molecule has 2 aromatic rings. The number of benzene rings is 2. The molecule has 4 nitrogen and oxygen atoms in total. The highest BCUT2D eigenvalue weighted by atomic mass is 16.6. The molecule has 21 heavy (non-hydrogen) atoms. The third-order valence-electron chi connectivity index (χ3n) is 3.53. The zero-order chi connectivity index (χ0) is 14.7. The number of hydrogen-bond donors (Lipinski definition) is 0. The van der Waals surface area contributed by atoms with Crippen molar-refractivity contribution < 1.29 is 9.53 Å². The molecule has 0 N–H and O–H groups in total. The van der Waals surface area contributed by atoms with E-state index in [2.05, 4.69) is 4.85 Å². The number of cyclic esters (lactones) is 1. The Morgan fingerprint density at radius 1 is 1.14 bits per heavy atom. The lowest BCUT2D eigenvalue weighted by atomic mass is 10.1. The minimum Gasteiger partial charge on any atom is -0.447 e. The summed E-state index contributed by atoms with van der Waals surface area (Å²) < 4.78 is 5.19. The molecule has 3 rings (SSSR count). The monoisotopic (exact) mass is 278 g/mol. The molecule has 0 aromatic heterocycles. The van der Waals surface area contributed by atoms with Gasteiger partial charge in [0.25, 0.3) is 0 Å². The van der Waals surface area contributed by atoms with Crippen LogP contribution < -0.4 is 4.90 Å². The van der Waals surface area contributed by atoms with Gasteiger partial charge in [-0.3, -0.25) is 4.90 Å². The van der Waals surface area contributed by atoms with Crippen LogP contribution in [0.1, 0.15) is 5.56 Å². The van der Waals surface area contributed by atoms with Gasteiger partial charge in [-0.1, -0.05) is 42.5 Å². The van der Waals surface area contributed by atoms with Crippen molar-refractivity contribution in [2.24, 2.45) is 0 Å². The van der Waals surface area contributed by atoms with E-state index in [1.165, 1.54) is 5.56 Å². The molecule has 0 radical (unpaired) electrons. The summed E-state index contributed by atoms with van der Waals surface area (Å²) in [6.07, 6.45) is 0.420. The largest absolute Gasteiger partial charge is 0.447 e. The molecule has 4 heteroatoms. The Kier molecular flexibility index (Phi) is 3.57. The van der Waals surface area contributed by atoms with Crippen LogP contribution in [0.25, 0.3) is 4.85 Å². The lowest BCUT2D eigenvalue weighted by Crippen LogP contribution is -2.34. The van der Waals surface area contributed by atoms with Gasteiger partial charge in [0, 0.05) is 5.69 Å². The van der Waals surface area contributed by atoms with Crippen molar-refractivity contribution in [1.29, 1.82) is 0 Å². The third-order valence-corrected chi connectivity index (χ3v) is 3.53. The fraction of sp³-hybridized carbons (Fsp3) is 0.176. The molecular formula is C17H14N2O2. The smallest absolute Gasteiger partial charge is 0.414 e. The molecule has 1 aliphatic heterocycles. The average molecular weight is 278 g/mol. The zero-order valence-corrected chi connectivity index (χ0v) is 11.4. The van der Waals surface area contributed by atoms with Crippen molar-refractivity contribution in [3.63, 3.8) is 0 Å². The van der Waals surface area contributed by atoms with Crippen LogP contribution in [-0.2, 0) is 11.2 Å². The van der Waals surface area contributed by atoms with Crippen molar-refractivity contribution in [3.05, 3.63) is 71.6 Å². The summed E-state index contributed by atoms with van der Waals surface area (Å²) in [6.45, 7) is 7.36. The summed E-state index contributed by atoms with van der Waals surface area (Å²) in [6, 6.07) is 17.0. The molecule has 104 valence electrons. The molecule has 1 heterocycles. The van der Waals surface area contributed by atoms with Gasteiger partial charge < -0.3 is 4.74 Å². The second-order valence-corrected chi connectivity index (χ2v) is 4.92. The van der Waals surface area contributed by atoms with Gasteiger partial charge >= 0.3 is 6.09 Å². The molecule has 0 spiro atoms. The average Bonchev–Trinajstić information content (AvgIpc) is 2.89. The van der Waals surface area contributed by atoms with Gasteiger partial charge in [0.05, 0.1) is 12.6 Å². The maximum Gasteiger partial charge on any atom is 0.414 e. The van der Waals surface area contributed by atoms with E-state index in [0.717, 1.165) is 12.1 Å². The molecule has 0 bridgehead atoms. The number of amides is 1. The van der Waals surface area contributed by atoms with Gasteiger partial charge in [-0.15, -0.1) is 0 Å². The van der Waals surface area contributed by atoms with Gasteiger partial charge in [-0.2, -0.15) is 0 Å². The molecule has 0 unspecified atom stereocenters. The number of nitrogens with zero attached hydrogens (tertiary/aromatic N) is 2. The van der Waals surface area contributed by atoms with Gasteiger partial charge in [-0.25, -0.2) is 9.64 Å². The van der Waals surface area contributed by atoms with Crippen LogP contribution in [0.15, 0.2) is 54.6 Å². The van der Waals surface area contributed by atoms with Gasteiger partial charge in [0.15, 0.2) is 5.69 Å². The summed E-state index contributed by atoms with van der Waals surface area (Å²) in [4.78, 5) is 17.0. The van der Waals surface area contributed by atoms with Crippen LogP contribution in [0.2, 0.25) is 0 Å². The van der Waals surface area contributed by atoms with Crippen LogP contribution in [-0.4, -0.2) is 18.7 Å². The molecule has 0 aliphatic carbocycles. The Hall–Kier alpha value is -2.80. The van der Waals surface area contributed by atoms with Crippen molar-refractivity contribution in [2.75, 3.05) is 11.5 Å². The summed E-state index contributed by atoms with van der Waals surface area (Å²) in [5, 5.41) is 0. The van der Waals surface area contributed by atoms with Crippen LogP contribution in [0, 0.1) is 6.57 Å². The fourth-order valence-electron chi connectivity index (χ4n) is 2.50. The summed E-state index contributed by atoms with van der Waals surface area (Å²) >= 11 is 0. The van der Waals surface area contributed by atoms with E-state index in [0.29, 0.717) is 12.3 Å². The second-order valence-electron chi connectivity index (χ2n) is 4.92. The molecular weight excluding hydrogens is 264 g/mol. The number of ether oxygens (including phenoxy) is 1. The van der Waals surface area contributed by atoms with Gasteiger partial charge in [-0.05, 0) is 24.1 Å². The van der Waals surface area contributed by atoms with E-state index in [1.807, 2.05) is 30.3 Å². The molecule has 0 saturated carbocycles. The highest BCUT2D eigenvalue weighted by molar-refractivity contribution is 5.90. The topological polar surface area (TPSA) is 33.9 Å². The van der Waals surface area contributed by atoms with Crippen molar-refractivity contribution >= 4 is 17.5 Å². The number of anilines is 1. The number of carbonyl (C=O) groups excluding carboxylic acids is 1. The number of carbonyl (C=O) groups is 1. The lowest BCUT2D eigenvalue weighted by Gasteiger charge is -2.21. The summed E-state index contributed by atoms with van der Waals surface area (Å²) in [7, 11) is 0. The molecule has 1 aliphatic rings. The molecule has 1 saturated heterocycles. The van der Waals surface area contributed by atoms with E-state index in [9.17, 15) is 4.79 Å². The molecule has 1 amide bonds. The number of hydrogen-bond acceptors (Lipinski definition) is 2. The summed E-state index contributed by atoms with van der Waals surface area (Å²) in [5.41, 5.74) is 2.50. The maximum absolute atomic E-state index is 12.0. The minimum atomic E-state index is -0.327. The highest BCUT2D eigenvalue weighted by Gasteiger charge is 2.34. The Balaban J connectivity index is 1.83. The van der Waals surface area contributed by atoms with Crippen molar-refractivity contribution in [2.45, 2.75) is 12.5 Å². The first-order chi connectivity index (χ1) is 10.3. The van der Waals surface area contributed by atoms with E-state index in [-0.39, 0.29) is 12.1 Å². The minimum absolute atomic E-state index is 0.0151. The van der Waals surface area contributed by atoms with Crippen LogP contribution in [0.3, 0.4) is 0 Å². The van der Waals surface area contributed by atoms with Crippen molar-refractivity contribution in [1.82, 2.24) is 0 Å². The first-order valence-electron chi connectivity index (χ1n) is 6.75. The van der Waals surface area contributed by atoms with E-state index in [4.69, 9.17) is 11.3 Å². The van der Waals surface area contributed by atoms with E-state index < -0.39 is 0 Å². The van der Waals surface area contributed by atoms with Crippen LogP contribution >= 0.6 is 0 Å². The third kappa shape index (κ3) is 2.72. The molecule has 2 aromatic carbocycles. The van der Waals surface area contributed by atoms with Gasteiger partial charge in [0.1, 0.15) is 6.61 Å². The number of rotatable bonds is 3. The second kappa shape index (κ2) is 5.68. The van der Waals surface area contributed by atoms with E-state index >= 15 is 0 Å². The lowest BCUT2D eigenvalue weighted by molar-refractivity contribution is 0.178. The van der Waals surface area contributed by atoms with Crippen molar-refractivity contribution in [3.8, 4) is 0 Å². The Morgan fingerprint density at radius 3 is 2.52 bits per heavy atom. The fourth-order valence-corrected chi connectivity index (χ4v) is 2.50. The quantitative estimate of drug-likeness (QED) is 0.800. The normalized spacial score (nSPS) is 17.4. The maximum atomic E-state index is 12.0. The Bertz CT molecular complexity index is 674. The molecule has 1 fully saturated rings. The first kappa shape index (κ1) is 13.2. The standard InChI is InChI=1S/C17H14N2O2/c1-18-14-7-9-15(10-8-14)19-16(12-21-17(19)20)11-13-5-3-2-4-6-13/h2-10,16H,11-12H2/t16-/m1/s1.